The van der Waals surface area contributed by atoms with Crippen molar-refractivity contribution in [3.63, 3.8) is 0 Å². The van der Waals surface area contributed by atoms with E-state index in [4.69, 9.17) is 16.3 Å². The van der Waals surface area contributed by atoms with Crippen LogP contribution in [0.3, 0.4) is 0 Å². The molecule has 1 aliphatic rings. The number of nitrogens with zero attached hydrogens (tertiary/aromatic N) is 1. The van der Waals surface area contributed by atoms with Crippen LogP contribution in [0.25, 0.3) is 0 Å². The number of thiophene rings is 1. The molecule has 1 aliphatic heterocycles. The van der Waals surface area contributed by atoms with Crippen LogP contribution in [0, 0.1) is 0 Å². The van der Waals surface area contributed by atoms with E-state index in [0.29, 0.717) is 18.1 Å². The van der Waals surface area contributed by atoms with Gasteiger partial charge < -0.3 is 15.4 Å². The lowest BCUT2D eigenvalue weighted by Gasteiger charge is -2.34. The first-order chi connectivity index (χ1) is 12.2. The van der Waals surface area contributed by atoms with E-state index in [1.54, 1.807) is 11.3 Å². The number of urea groups is 1. The first-order valence-corrected chi connectivity index (χ1v) is 9.64. The van der Waals surface area contributed by atoms with E-state index in [-0.39, 0.29) is 12.1 Å². The molecule has 25 heavy (non-hydrogen) atoms. The third-order valence-corrected chi connectivity index (χ3v) is 5.19. The maximum absolute atomic E-state index is 12.2. The SMILES string of the molecule is O=C(NCc1ccc(Cl)cc1)NCC(c1ccsc1)N1CCOCC1. The van der Waals surface area contributed by atoms with Gasteiger partial charge in [0.2, 0.25) is 0 Å². The van der Waals surface area contributed by atoms with E-state index < -0.39 is 0 Å². The third-order valence-electron chi connectivity index (χ3n) is 4.24. The number of benzene rings is 1. The molecule has 7 heteroatoms. The predicted molar refractivity (Wildman–Crippen MR) is 101 cm³/mol. The van der Waals surface area contributed by atoms with E-state index in [0.717, 1.165) is 31.9 Å². The molecular weight excluding hydrogens is 358 g/mol. The minimum Gasteiger partial charge on any atom is -0.379 e. The van der Waals surface area contributed by atoms with Gasteiger partial charge in [-0.3, -0.25) is 4.90 Å². The Bertz CT molecular complexity index is 657. The number of amides is 2. The number of hydrogen-bond acceptors (Lipinski definition) is 4. The molecule has 1 aromatic carbocycles. The Labute approximate surface area is 156 Å². The molecule has 1 unspecified atom stereocenters. The van der Waals surface area contributed by atoms with Crippen LogP contribution in [0.5, 0.6) is 0 Å². The van der Waals surface area contributed by atoms with Crippen LogP contribution in [0.15, 0.2) is 41.1 Å². The highest BCUT2D eigenvalue weighted by Gasteiger charge is 2.23. The summed E-state index contributed by atoms with van der Waals surface area (Å²) in [6, 6.07) is 9.59. The smallest absolute Gasteiger partial charge is 0.315 e. The van der Waals surface area contributed by atoms with Gasteiger partial charge in [0.25, 0.3) is 0 Å². The lowest BCUT2D eigenvalue weighted by Crippen LogP contribution is -2.45. The summed E-state index contributed by atoms with van der Waals surface area (Å²) in [7, 11) is 0. The number of nitrogens with one attached hydrogen (secondary N) is 2. The van der Waals surface area contributed by atoms with E-state index in [2.05, 4.69) is 32.4 Å². The number of halogens is 1. The highest BCUT2D eigenvalue weighted by molar-refractivity contribution is 7.07. The molecule has 5 nitrogen and oxygen atoms in total. The van der Waals surface area contributed by atoms with Gasteiger partial charge in [-0.05, 0) is 40.1 Å². The minimum atomic E-state index is -0.163. The molecule has 3 rings (SSSR count). The first kappa shape index (κ1) is 18.2. The molecule has 1 saturated heterocycles. The molecule has 2 N–H and O–H groups in total. The van der Waals surface area contributed by atoms with Gasteiger partial charge in [0.05, 0.1) is 19.3 Å². The number of rotatable bonds is 6. The van der Waals surface area contributed by atoms with Crippen molar-refractivity contribution in [2.24, 2.45) is 0 Å². The van der Waals surface area contributed by atoms with Crippen molar-refractivity contribution in [2.45, 2.75) is 12.6 Å². The van der Waals surface area contributed by atoms with Crippen molar-refractivity contribution in [1.29, 1.82) is 0 Å². The Morgan fingerprint density at radius 2 is 1.96 bits per heavy atom. The van der Waals surface area contributed by atoms with Gasteiger partial charge in [0.15, 0.2) is 0 Å². The second-order valence-corrected chi connectivity index (χ2v) is 7.13. The van der Waals surface area contributed by atoms with Crippen molar-refractivity contribution in [1.82, 2.24) is 15.5 Å². The molecule has 2 heterocycles. The normalized spacial score (nSPS) is 16.4. The molecule has 1 atom stereocenters. The number of hydrogen-bond donors (Lipinski definition) is 2. The molecule has 134 valence electrons. The number of morpholine rings is 1. The molecule has 1 aromatic heterocycles. The van der Waals surface area contributed by atoms with Crippen LogP contribution < -0.4 is 10.6 Å². The fraction of sp³-hybridized carbons (Fsp3) is 0.389. The highest BCUT2D eigenvalue weighted by atomic mass is 35.5. The fourth-order valence-electron chi connectivity index (χ4n) is 2.85. The van der Waals surface area contributed by atoms with Gasteiger partial charge in [-0.15, -0.1) is 0 Å². The summed E-state index contributed by atoms with van der Waals surface area (Å²) in [5.74, 6) is 0. The maximum atomic E-state index is 12.2. The van der Waals surface area contributed by atoms with E-state index in [9.17, 15) is 4.79 Å². The van der Waals surface area contributed by atoms with Crippen LogP contribution in [-0.2, 0) is 11.3 Å². The maximum Gasteiger partial charge on any atom is 0.315 e. The summed E-state index contributed by atoms with van der Waals surface area (Å²) in [6.07, 6.45) is 0. The molecule has 2 aromatic rings. The van der Waals surface area contributed by atoms with Crippen molar-refractivity contribution in [2.75, 3.05) is 32.8 Å². The Balaban J connectivity index is 1.51. The summed E-state index contributed by atoms with van der Waals surface area (Å²) >= 11 is 7.55. The molecule has 0 spiro atoms. The molecular formula is C18H22ClN3O2S. The second kappa shape index (κ2) is 9.20. The number of carbonyl (C=O) groups is 1. The monoisotopic (exact) mass is 379 g/mol. The average molecular weight is 380 g/mol. The van der Waals surface area contributed by atoms with E-state index >= 15 is 0 Å². The standard InChI is InChI=1S/C18H22ClN3O2S/c19-16-3-1-14(2-4-16)11-20-18(23)21-12-17(15-5-10-25-13-15)22-6-8-24-9-7-22/h1-5,10,13,17H,6-9,11-12H2,(H2,20,21,23). The van der Waals surface area contributed by atoms with E-state index in [1.807, 2.05) is 24.3 Å². The molecule has 0 bridgehead atoms. The van der Waals surface area contributed by atoms with Gasteiger partial charge in [0, 0.05) is 31.2 Å². The summed E-state index contributed by atoms with van der Waals surface area (Å²) < 4.78 is 5.44. The molecule has 0 saturated carbocycles. The van der Waals surface area contributed by atoms with E-state index in [1.165, 1.54) is 5.56 Å². The highest BCUT2D eigenvalue weighted by Crippen LogP contribution is 2.23. The van der Waals surface area contributed by atoms with Crippen molar-refractivity contribution < 1.29 is 9.53 Å². The summed E-state index contributed by atoms with van der Waals surface area (Å²) in [4.78, 5) is 14.5. The Morgan fingerprint density at radius 3 is 2.64 bits per heavy atom. The van der Waals surface area contributed by atoms with Crippen LogP contribution in [-0.4, -0.2) is 43.8 Å². The Morgan fingerprint density at radius 1 is 1.20 bits per heavy atom. The predicted octanol–water partition coefficient (Wildman–Crippen LogP) is 3.27. The zero-order valence-electron chi connectivity index (χ0n) is 13.9. The lowest BCUT2D eigenvalue weighted by molar-refractivity contribution is 0.0168. The van der Waals surface area contributed by atoms with Gasteiger partial charge in [-0.2, -0.15) is 11.3 Å². The quantitative estimate of drug-likeness (QED) is 0.809. The van der Waals surface area contributed by atoms with Crippen LogP contribution in [0.1, 0.15) is 17.2 Å². The zero-order valence-corrected chi connectivity index (χ0v) is 15.5. The average Bonchev–Trinajstić information content (AvgIpc) is 3.17. The Hall–Kier alpha value is -1.60. The van der Waals surface area contributed by atoms with Crippen LogP contribution in [0.4, 0.5) is 4.79 Å². The van der Waals surface area contributed by atoms with Crippen molar-refractivity contribution >= 4 is 29.0 Å². The van der Waals surface area contributed by atoms with Gasteiger partial charge >= 0.3 is 6.03 Å². The summed E-state index contributed by atoms with van der Waals surface area (Å²) in [6.45, 7) is 4.29. The topological polar surface area (TPSA) is 53.6 Å². The molecule has 1 fully saturated rings. The van der Waals surface area contributed by atoms with Crippen LogP contribution >= 0.6 is 22.9 Å². The van der Waals surface area contributed by atoms with Crippen molar-refractivity contribution in [3.05, 3.63) is 57.2 Å². The number of carbonyl (C=O) groups excluding carboxylic acids is 1. The zero-order chi connectivity index (χ0) is 17.5. The number of ether oxygens (including phenoxy) is 1. The first-order valence-electron chi connectivity index (χ1n) is 8.32. The van der Waals surface area contributed by atoms with Crippen LogP contribution in [0.2, 0.25) is 5.02 Å². The lowest BCUT2D eigenvalue weighted by atomic mass is 10.1. The molecule has 0 radical (unpaired) electrons. The second-order valence-electron chi connectivity index (χ2n) is 5.91. The van der Waals surface area contributed by atoms with Gasteiger partial charge in [-0.1, -0.05) is 23.7 Å². The largest absolute Gasteiger partial charge is 0.379 e. The third kappa shape index (κ3) is 5.44. The minimum absolute atomic E-state index is 0.163. The Kier molecular flexibility index (Phi) is 6.69. The summed E-state index contributed by atoms with van der Waals surface area (Å²) in [5.41, 5.74) is 2.26. The van der Waals surface area contributed by atoms with Gasteiger partial charge in [0.1, 0.15) is 0 Å². The molecule has 0 aliphatic carbocycles. The molecule has 2 amide bonds. The summed E-state index contributed by atoms with van der Waals surface area (Å²) in [5, 5.41) is 10.8. The fourth-order valence-corrected chi connectivity index (χ4v) is 3.68. The van der Waals surface area contributed by atoms with Crippen molar-refractivity contribution in [3.8, 4) is 0 Å². The van der Waals surface area contributed by atoms with Gasteiger partial charge in [-0.25, -0.2) is 4.79 Å².